The van der Waals surface area contributed by atoms with Crippen LogP contribution in [-0.4, -0.2) is 62.6 Å². The van der Waals surface area contributed by atoms with Gasteiger partial charge in [0.2, 0.25) is 0 Å². The number of halogens is 1. The fraction of sp³-hybridized carbons (Fsp3) is 0.353. The number of benzene rings is 1. The summed E-state index contributed by atoms with van der Waals surface area (Å²) in [6.45, 7) is 4.76. The molecule has 1 aliphatic heterocycles. The second-order valence-corrected chi connectivity index (χ2v) is 6.24. The molecule has 3 heterocycles. The molecule has 3 aromatic rings. The van der Waals surface area contributed by atoms with Gasteiger partial charge >= 0.3 is 0 Å². The van der Waals surface area contributed by atoms with Gasteiger partial charge in [0, 0.05) is 44.4 Å². The predicted molar refractivity (Wildman–Crippen MR) is 99.1 cm³/mol. The molecule has 0 unspecified atom stereocenters. The van der Waals surface area contributed by atoms with Crippen molar-refractivity contribution in [2.75, 3.05) is 33.2 Å². The second-order valence-electron chi connectivity index (χ2n) is 6.24. The number of hydrogen-bond donors (Lipinski definition) is 1. The fourth-order valence-electron chi connectivity index (χ4n) is 2.97. The van der Waals surface area contributed by atoms with Gasteiger partial charge in [-0.05, 0) is 7.05 Å². The van der Waals surface area contributed by atoms with Gasteiger partial charge in [-0.1, -0.05) is 30.3 Å². The van der Waals surface area contributed by atoms with Crippen molar-refractivity contribution in [3.8, 4) is 11.4 Å². The first kappa shape index (κ1) is 17.6. The lowest BCUT2D eigenvalue weighted by atomic mass is 10.2. The van der Waals surface area contributed by atoms with Crippen molar-refractivity contribution in [1.29, 1.82) is 0 Å². The minimum Gasteiger partial charge on any atom is -0.304 e. The molecule has 1 N–H and O–H groups in total. The molecular weight excluding hydrogens is 340 g/mol. The van der Waals surface area contributed by atoms with E-state index in [0.717, 1.165) is 37.4 Å². The van der Waals surface area contributed by atoms with E-state index in [9.17, 15) is 4.79 Å². The molecule has 1 aliphatic rings. The summed E-state index contributed by atoms with van der Waals surface area (Å²) < 4.78 is 1.40. The molecule has 1 saturated heterocycles. The van der Waals surface area contributed by atoms with Crippen molar-refractivity contribution in [3.63, 3.8) is 0 Å². The highest BCUT2D eigenvalue weighted by molar-refractivity contribution is 5.85. The molecule has 0 spiro atoms. The molecule has 0 atom stereocenters. The molecule has 7 nitrogen and oxygen atoms in total. The van der Waals surface area contributed by atoms with Crippen molar-refractivity contribution < 1.29 is 0 Å². The van der Waals surface area contributed by atoms with Gasteiger partial charge in [-0.3, -0.25) is 14.8 Å². The van der Waals surface area contributed by atoms with Crippen LogP contribution in [0.25, 0.3) is 17.2 Å². The zero-order valence-electron chi connectivity index (χ0n) is 14.1. The van der Waals surface area contributed by atoms with Crippen LogP contribution in [0.1, 0.15) is 5.69 Å². The van der Waals surface area contributed by atoms with Crippen molar-refractivity contribution in [2.24, 2.45) is 0 Å². The van der Waals surface area contributed by atoms with E-state index in [4.69, 9.17) is 0 Å². The Morgan fingerprint density at radius 1 is 1.08 bits per heavy atom. The summed E-state index contributed by atoms with van der Waals surface area (Å²) in [5, 5.41) is 3.03. The van der Waals surface area contributed by atoms with Crippen LogP contribution in [0, 0.1) is 0 Å². The summed E-state index contributed by atoms with van der Waals surface area (Å²) in [6, 6.07) is 11.3. The number of piperazine rings is 1. The third-order valence-electron chi connectivity index (χ3n) is 4.41. The molecule has 0 saturated carbocycles. The Morgan fingerprint density at radius 2 is 1.80 bits per heavy atom. The molecule has 2 aromatic heterocycles. The molecule has 0 bridgehead atoms. The summed E-state index contributed by atoms with van der Waals surface area (Å²) in [5.41, 5.74) is 1.58. The Labute approximate surface area is 151 Å². The summed E-state index contributed by atoms with van der Waals surface area (Å²) in [4.78, 5) is 26.0. The van der Waals surface area contributed by atoms with Gasteiger partial charge in [-0.15, -0.1) is 12.4 Å². The number of rotatable bonds is 3. The van der Waals surface area contributed by atoms with Gasteiger partial charge in [-0.25, -0.2) is 4.98 Å². The van der Waals surface area contributed by atoms with E-state index in [1.54, 1.807) is 6.07 Å². The number of nitrogens with zero attached hydrogens (tertiary/aromatic N) is 5. The van der Waals surface area contributed by atoms with Gasteiger partial charge in [-0.2, -0.15) is 9.50 Å². The molecule has 0 aliphatic carbocycles. The number of aromatic amines is 1. The minimum absolute atomic E-state index is 0. The zero-order valence-corrected chi connectivity index (χ0v) is 14.9. The first-order valence-electron chi connectivity index (χ1n) is 8.14. The van der Waals surface area contributed by atoms with Gasteiger partial charge in [0.15, 0.2) is 5.82 Å². The summed E-state index contributed by atoms with van der Waals surface area (Å²) in [6.07, 6.45) is 0. The average Bonchev–Trinajstić information content (AvgIpc) is 3.03. The maximum atomic E-state index is 12.4. The molecule has 0 amide bonds. The normalized spacial score (nSPS) is 16.0. The van der Waals surface area contributed by atoms with E-state index in [1.165, 1.54) is 4.52 Å². The van der Waals surface area contributed by atoms with Crippen LogP contribution in [0.3, 0.4) is 0 Å². The lowest BCUT2D eigenvalue weighted by molar-refractivity contribution is 0.147. The highest BCUT2D eigenvalue weighted by Gasteiger charge is 2.16. The van der Waals surface area contributed by atoms with Gasteiger partial charge < -0.3 is 4.90 Å². The van der Waals surface area contributed by atoms with Crippen molar-refractivity contribution >= 4 is 18.2 Å². The average molecular weight is 361 g/mol. The monoisotopic (exact) mass is 360 g/mol. The topological polar surface area (TPSA) is 69.5 Å². The van der Waals surface area contributed by atoms with Gasteiger partial charge in [0.05, 0.1) is 5.69 Å². The molecule has 8 heteroatoms. The third-order valence-corrected chi connectivity index (χ3v) is 4.41. The standard InChI is InChI=1S/C17H20N6O.ClH/c1-21-7-9-22(10-8-21)12-14-11-15(24)23-17(18-14)19-16(20-23)13-5-3-2-4-6-13;/h2-6,11H,7-10,12H2,1H3,(H,18,19,20);1H. The summed E-state index contributed by atoms with van der Waals surface area (Å²) in [7, 11) is 2.13. The predicted octanol–water partition coefficient (Wildman–Crippen LogP) is 1.25. The smallest absolute Gasteiger partial charge is 0.274 e. The molecule has 1 fully saturated rings. The van der Waals surface area contributed by atoms with Crippen LogP contribution >= 0.6 is 12.4 Å². The maximum Gasteiger partial charge on any atom is 0.274 e. The number of hydrogen-bond acceptors (Lipinski definition) is 5. The van der Waals surface area contributed by atoms with E-state index in [2.05, 4.69) is 31.9 Å². The van der Waals surface area contributed by atoms with Crippen LogP contribution in [0.2, 0.25) is 0 Å². The first-order chi connectivity index (χ1) is 11.7. The van der Waals surface area contributed by atoms with Crippen LogP contribution in [0.5, 0.6) is 0 Å². The van der Waals surface area contributed by atoms with Crippen molar-refractivity contribution in [1.82, 2.24) is 29.4 Å². The second kappa shape index (κ2) is 7.35. The molecule has 132 valence electrons. The van der Waals surface area contributed by atoms with Crippen LogP contribution in [0.4, 0.5) is 0 Å². The lowest BCUT2D eigenvalue weighted by Crippen LogP contribution is -2.44. The van der Waals surface area contributed by atoms with Crippen LogP contribution in [-0.2, 0) is 6.54 Å². The lowest BCUT2D eigenvalue weighted by Gasteiger charge is -2.31. The number of nitrogens with one attached hydrogen (secondary N) is 1. The minimum atomic E-state index is -0.126. The van der Waals surface area contributed by atoms with Gasteiger partial charge in [0.1, 0.15) is 0 Å². The highest BCUT2D eigenvalue weighted by atomic mass is 35.5. The fourth-order valence-corrected chi connectivity index (χ4v) is 2.97. The maximum absolute atomic E-state index is 12.4. The number of aromatic nitrogens is 4. The Kier molecular flexibility index (Phi) is 5.17. The molecule has 4 rings (SSSR count). The van der Waals surface area contributed by atoms with Crippen LogP contribution in [0.15, 0.2) is 41.2 Å². The third kappa shape index (κ3) is 3.73. The zero-order chi connectivity index (χ0) is 16.5. The first-order valence-corrected chi connectivity index (χ1v) is 8.14. The van der Waals surface area contributed by atoms with E-state index in [-0.39, 0.29) is 18.0 Å². The highest BCUT2D eigenvalue weighted by Crippen LogP contribution is 2.14. The molecular formula is C17H21ClN6O. The Bertz CT molecular complexity index is 898. The number of H-pyrrole nitrogens is 1. The largest absolute Gasteiger partial charge is 0.304 e. The molecule has 0 radical (unpaired) electrons. The Hall–Kier alpha value is -2.22. The summed E-state index contributed by atoms with van der Waals surface area (Å²) in [5.74, 6) is 1.07. The Balaban J connectivity index is 0.00000182. The summed E-state index contributed by atoms with van der Waals surface area (Å²) >= 11 is 0. The van der Waals surface area contributed by atoms with E-state index in [1.807, 2.05) is 30.3 Å². The van der Waals surface area contributed by atoms with E-state index >= 15 is 0 Å². The SMILES string of the molecule is CN1CCN(Cc2cc(=O)n3[nH]c(-c4ccccc4)nc3n2)CC1.Cl. The molecule has 25 heavy (non-hydrogen) atoms. The van der Waals surface area contributed by atoms with Gasteiger partial charge in [0.25, 0.3) is 11.3 Å². The number of likely N-dealkylation sites (N-methyl/N-ethyl adjacent to an activating group) is 1. The Morgan fingerprint density at radius 3 is 2.52 bits per heavy atom. The van der Waals surface area contributed by atoms with Crippen molar-refractivity contribution in [3.05, 3.63) is 52.4 Å². The van der Waals surface area contributed by atoms with Crippen molar-refractivity contribution in [2.45, 2.75) is 6.54 Å². The molecule has 1 aromatic carbocycles. The van der Waals surface area contributed by atoms with Crippen LogP contribution < -0.4 is 5.56 Å². The number of fused-ring (bicyclic) bond motifs is 1. The van der Waals surface area contributed by atoms with E-state index < -0.39 is 0 Å². The van der Waals surface area contributed by atoms with E-state index in [0.29, 0.717) is 18.1 Å². The quantitative estimate of drug-likeness (QED) is 0.761.